The summed E-state index contributed by atoms with van der Waals surface area (Å²) in [6.07, 6.45) is 0.449. The summed E-state index contributed by atoms with van der Waals surface area (Å²) in [4.78, 5) is 11.7. The van der Waals surface area contributed by atoms with Crippen LogP contribution in [0.3, 0.4) is 0 Å². The quantitative estimate of drug-likeness (QED) is 0.777. The van der Waals surface area contributed by atoms with Crippen LogP contribution >= 0.6 is 12.4 Å². The highest BCUT2D eigenvalue weighted by atomic mass is 35.5. The molecule has 1 fully saturated rings. The van der Waals surface area contributed by atoms with E-state index in [1.807, 2.05) is 31.2 Å². The molecule has 0 bridgehead atoms. The third-order valence-electron chi connectivity index (χ3n) is 3.11. The number of morpholine rings is 1. The van der Waals surface area contributed by atoms with Crippen LogP contribution in [-0.2, 0) is 9.53 Å². The number of carbonyl (C=O) groups excluding carboxylic acids is 1. The Hall–Kier alpha value is -1.30. The number of nitrogens with one attached hydrogen (secondary N) is 2. The van der Waals surface area contributed by atoms with Crippen molar-refractivity contribution in [1.82, 2.24) is 10.6 Å². The average Bonchev–Trinajstić information content (AvgIpc) is 2.45. The number of halogens is 1. The zero-order chi connectivity index (χ0) is 14.2. The molecule has 1 aromatic carbocycles. The van der Waals surface area contributed by atoms with Gasteiger partial charge in [-0.2, -0.15) is 0 Å². The lowest BCUT2D eigenvalue weighted by Gasteiger charge is -2.23. The van der Waals surface area contributed by atoms with Crippen LogP contribution in [0.25, 0.3) is 0 Å². The van der Waals surface area contributed by atoms with Gasteiger partial charge in [-0.3, -0.25) is 4.79 Å². The zero-order valence-corrected chi connectivity index (χ0v) is 13.1. The molecule has 0 aliphatic carbocycles. The van der Waals surface area contributed by atoms with E-state index >= 15 is 0 Å². The summed E-state index contributed by atoms with van der Waals surface area (Å²) in [5.41, 5.74) is 1.16. The molecule has 1 saturated heterocycles. The van der Waals surface area contributed by atoms with E-state index in [-0.39, 0.29) is 24.4 Å². The molecule has 5 nitrogen and oxygen atoms in total. The number of hydrogen-bond donors (Lipinski definition) is 2. The van der Waals surface area contributed by atoms with Gasteiger partial charge in [-0.15, -0.1) is 12.4 Å². The molecule has 21 heavy (non-hydrogen) atoms. The second kappa shape index (κ2) is 9.60. The van der Waals surface area contributed by atoms with Crippen molar-refractivity contribution in [3.05, 3.63) is 29.8 Å². The molecule has 6 heteroatoms. The van der Waals surface area contributed by atoms with Gasteiger partial charge in [0.05, 0.1) is 19.8 Å². The first-order valence-corrected chi connectivity index (χ1v) is 7.01. The SMILES string of the molecule is Cc1cccc(OCCNC(=O)CC2COCCN2)c1.Cl. The third kappa shape index (κ3) is 6.80. The summed E-state index contributed by atoms with van der Waals surface area (Å²) in [6, 6.07) is 8.00. The highest BCUT2D eigenvalue weighted by Crippen LogP contribution is 2.11. The average molecular weight is 315 g/mol. The summed E-state index contributed by atoms with van der Waals surface area (Å²) in [6.45, 7) is 5.15. The van der Waals surface area contributed by atoms with E-state index in [1.54, 1.807) is 0 Å². The van der Waals surface area contributed by atoms with Gasteiger partial charge in [-0.05, 0) is 24.6 Å². The summed E-state index contributed by atoms with van der Waals surface area (Å²) >= 11 is 0. The summed E-state index contributed by atoms with van der Waals surface area (Å²) in [5, 5.41) is 6.11. The molecule has 118 valence electrons. The van der Waals surface area contributed by atoms with E-state index in [0.29, 0.717) is 26.2 Å². The Morgan fingerprint density at radius 2 is 2.38 bits per heavy atom. The van der Waals surface area contributed by atoms with Crippen LogP contribution in [0.2, 0.25) is 0 Å². The smallest absolute Gasteiger partial charge is 0.221 e. The first kappa shape index (κ1) is 17.8. The van der Waals surface area contributed by atoms with Crippen LogP contribution in [0.15, 0.2) is 24.3 Å². The molecule has 1 aliphatic rings. The van der Waals surface area contributed by atoms with Crippen molar-refractivity contribution in [2.45, 2.75) is 19.4 Å². The molecule has 0 spiro atoms. The van der Waals surface area contributed by atoms with Crippen molar-refractivity contribution >= 4 is 18.3 Å². The number of amides is 1. The first-order valence-electron chi connectivity index (χ1n) is 7.01. The Morgan fingerprint density at radius 1 is 1.52 bits per heavy atom. The van der Waals surface area contributed by atoms with Crippen molar-refractivity contribution < 1.29 is 14.3 Å². The maximum absolute atomic E-state index is 11.7. The van der Waals surface area contributed by atoms with Gasteiger partial charge in [0.1, 0.15) is 12.4 Å². The largest absolute Gasteiger partial charge is 0.492 e. The second-order valence-corrected chi connectivity index (χ2v) is 4.95. The minimum atomic E-state index is 0. The van der Waals surface area contributed by atoms with E-state index in [9.17, 15) is 4.79 Å². The van der Waals surface area contributed by atoms with Gasteiger partial charge >= 0.3 is 0 Å². The van der Waals surface area contributed by atoms with E-state index in [2.05, 4.69) is 10.6 Å². The fourth-order valence-electron chi connectivity index (χ4n) is 2.11. The number of benzene rings is 1. The van der Waals surface area contributed by atoms with Crippen LogP contribution in [0.1, 0.15) is 12.0 Å². The molecule has 0 saturated carbocycles. The fourth-order valence-corrected chi connectivity index (χ4v) is 2.11. The highest BCUT2D eigenvalue weighted by Gasteiger charge is 2.16. The van der Waals surface area contributed by atoms with E-state index < -0.39 is 0 Å². The second-order valence-electron chi connectivity index (χ2n) is 4.95. The van der Waals surface area contributed by atoms with Gasteiger partial charge in [-0.1, -0.05) is 12.1 Å². The van der Waals surface area contributed by atoms with Gasteiger partial charge < -0.3 is 20.1 Å². The number of carbonyl (C=O) groups is 1. The molecule has 2 N–H and O–H groups in total. The van der Waals surface area contributed by atoms with Gasteiger partial charge in [-0.25, -0.2) is 0 Å². The topological polar surface area (TPSA) is 59.6 Å². The minimum Gasteiger partial charge on any atom is -0.492 e. The lowest BCUT2D eigenvalue weighted by Crippen LogP contribution is -2.44. The zero-order valence-electron chi connectivity index (χ0n) is 12.3. The summed E-state index contributed by atoms with van der Waals surface area (Å²) in [5.74, 6) is 0.863. The monoisotopic (exact) mass is 314 g/mol. The predicted octanol–water partition coefficient (Wildman–Crippen LogP) is 1.29. The van der Waals surface area contributed by atoms with Crippen molar-refractivity contribution in [2.24, 2.45) is 0 Å². The number of rotatable bonds is 6. The molecule has 1 aliphatic heterocycles. The molecule has 0 aromatic heterocycles. The van der Waals surface area contributed by atoms with Crippen molar-refractivity contribution in [3.63, 3.8) is 0 Å². The normalized spacial score (nSPS) is 17.7. The molecule has 1 amide bonds. The van der Waals surface area contributed by atoms with Crippen molar-refractivity contribution in [2.75, 3.05) is 32.9 Å². The molecule has 1 unspecified atom stereocenters. The van der Waals surface area contributed by atoms with Gasteiger partial charge in [0.25, 0.3) is 0 Å². The third-order valence-corrected chi connectivity index (χ3v) is 3.11. The van der Waals surface area contributed by atoms with Gasteiger partial charge in [0.2, 0.25) is 5.91 Å². The van der Waals surface area contributed by atoms with Crippen LogP contribution in [0.4, 0.5) is 0 Å². The van der Waals surface area contributed by atoms with E-state index in [0.717, 1.165) is 24.5 Å². The van der Waals surface area contributed by atoms with Gasteiger partial charge in [0.15, 0.2) is 0 Å². The number of hydrogen-bond acceptors (Lipinski definition) is 4. The van der Waals surface area contributed by atoms with Crippen LogP contribution in [-0.4, -0.2) is 44.9 Å². The van der Waals surface area contributed by atoms with Crippen LogP contribution < -0.4 is 15.4 Å². The molecular weight excluding hydrogens is 292 g/mol. The molecule has 1 heterocycles. The molecule has 2 rings (SSSR count). The van der Waals surface area contributed by atoms with Crippen molar-refractivity contribution in [3.8, 4) is 5.75 Å². The highest BCUT2D eigenvalue weighted by molar-refractivity contribution is 5.85. The standard InChI is InChI=1S/C15H22N2O3.ClH/c1-12-3-2-4-14(9-12)20-8-6-17-15(18)10-13-11-19-7-5-16-13;/h2-4,9,13,16H,5-8,10-11H2,1H3,(H,17,18);1H. The van der Waals surface area contributed by atoms with E-state index in [1.165, 1.54) is 0 Å². The maximum Gasteiger partial charge on any atom is 0.221 e. The van der Waals surface area contributed by atoms with Crippen LogP contribution in [0.5, 0.6) is 5.75 Å². The van der Waals surface area contributed by atoms with Gasteiger partial charge in [0, 0.05) is 19.0 Å². The lowest BCUT2D eigenvalue weighted by atomic mass is 10.2. The summed E-state index contributed by atoms with van der Waals surface area (Å²) in [7, 11) is 0. The Labute approximate surface area is 131 Å². The van der Waals surface area contributed by atoms with Crippen molar-refractivity contribution in [1.29, 1.82) is 0 Å². The minimum absolute atomic E-state index is 0. The Balaban J connectivity index is 0.00000220. The fraction of sp³-hybridized carbons (Fsp3) is 0.533. The molecule has 1 atom stereocenters. The molecule has 0 radical (unpaired) electrons. The molecule has 1 aromatic rings. The first-order chi connectivity index (χ1) is 9.74. The number of aryl methyl sites for hydroxylation is 1. The predicted molar refractivity (Wildman–Crippen MR) is 84.2 cm³/mol. The molecular formula is C15H23ClN2O3. The Morgan fingerprint density at radius 3 is 3.10 bits per heavy atom. The van der Waals surface area contributed by atoms with E-state index in [4.69, 9.17) is 9.47 Å². The van der Waals surface area contributed by atoms with Crippen LogP contribution in [0, 0.1) is 6.92 Å². The maximum atomic E-state index is 11.7. The number of ether oxygens (including phenoxy) is 2. The Bertz CT molecular complexity index is 437. The summed E-state index contributed by atoms with van der Waals surface area (Å²) < 4.78 is 10.9. The Kier molecular flexibility index (Phi) is 8.12. The lowest BCUT2D eigenvalue weighted by molar-refractivity contribution is -0.122.